The number of rotatable bonds is 6. The van der Waals surface area contributed by atoms with Crippen LogP contribution in [0.5, 0.6) is 5.75 Å². The molecule has 0 aliphatic carbocycles. The molecule has 2 aromatic heterocycles. The van der Waals surface area contributed by atoms with E-state index in [0.717, 1.165) is 34.7 Å². The molecule has 3 rings (SSSR count). The van der Waals surface area contributed by atoms with Crippen LogP contribution in [0.4, 0.5) is 5.13 Å². The number of nitrogens with zero attached hydrogens (tertiary/aromatic N) is 1. The molecule has 116 valence electrons. The highest BCUT2D eigenvalue weighted by Gasteiger charge is 2.17. The predicted octanol–water partition coefficient (Wildman–Crippen LogP) is 3.27. The molecule has 3 aromatic rings. The Morgan fingerprint density at radius 3 is 3.00 bits per heavy atom. The minimum atomic E-state index is 0.157. The maximum atomic E-state index is 9.71. The van der Waals surface area contributed by atoms with Crippen molar-refractivity contribution in [3.8, 4) is 5.75 Å². The van der Waals surface area contributed by atoms with Crippen molar-refractivity contribution in [1.29, 1.82) is 0 Å². The standard InChI is InChI=1S/C16H20N4OS/c1-3-18-14(15-9-22-16(17-2)20-15)6-10-8-19-13-5-4-11(21)7-12(10)13/h4-5,7-9,14,18-19,21H,3,6H2,1-2H3,(H,17,20)/t14-/m0/s1. The SMILES string of the molecule is CCN[C@@H](Cc1c[nH]c2ccc(O)cc12)c1csc(NC)n1. The summed E-state index contributed by atoms with van der Waals surface area (Å²) < 4.78 is 0. The predicted molar refractivity (Wildman–Crippen MR) is 91.7 cm³/mol. The third-order valence-corrected chi connectivity index (χ3v) is 4.60. The Labute approximate surface area is 133 Å². The number of thiazole rings is 1. The summed E-state index contributed by atoms with van der Waals surface area (Å²) in [4.78, 5) is 7.87. The maximum absolute atomic E-state index is 9.71. The number of H-pyrrole nitrogens is 1. The van der Waals surface area contributed by atoms with E-state index in [9.17, 15) is 5.11 Å². The van der Waals surface area contributed by atoms with E-state index in [-0.39, 0.29) is 6.04 Å². The highest BCUT2D eigenvalue weighted by molar-refractivity contribution is 7.13. The van der Waals surface area contributed by atoms with Crippen molar-refractivity contribution < 1.29 is 5.11 Å². The van der Waals surface area contributed by atoms with Crippen LogP contribution < -0.4 is 10.6 Å². The molecule has 0 aliphatic heterocycles. The van der Waals surface area contributed by atoms with Gasteiger partial charge in [0.15, 0.2) is 5.13 Å². The van der Waals surface area contributed by atoms with Crippen LogP contribution in [-0.4, -0.2) is 28.7 Å². The maximum Gasteiger partial charge on any atom is 0.182 e. The van der Waals surface area contributed by atoms with Crippen molar-refractivity contribution >= 4 is 27.4 Å². The van der Waals surface area contributed by atoms with Gasteiger partial charge < -0.3 is 20.7 Å². The van der Waals surface area contributed by atoms with Crippen LogP contribution in [0.2, 0.25) is 0 Å². The molecule has 0 saturated heterocycles. The molecule has 0 radical (unpaired) electrons. The number of likely N-dealkylation sites (N-methyl/N-ethyl adjacent to an activating group) is 1. The van der Waals surface area contributed by atoms with Crippen LogP contribution in [0.15, 0.2) is 29.8 Å². The second-order valence-electron chi connectivity index (χ2n) is 5.19. The molecule has 0 amide bonds. The lowest BCUT2D eigenvalue weighted by atomic mass is 10.0. The fourth-order valence-electron chi connectivity index (χ4n) is 2.64. The fraction of sp³-hybridized carbons (Fsp3) is 0.312. The van der Waals surface area contributed by atoms with Gasteiger partial charge in [-0.25, -0.2) is 4.98 Å². The zero-order valence-corrected chi connectivity index (χ0v) is 13.5. The average molecular weight is 316 g/mol. The molecule has 0 spiro atoms. The van der Waals surface area contributed by atoms with E-state index < -0.39 is 0 Å². The molecule has 2 heterocycles. The number of phenolic OH excluding ortho intramolecular Hbond substituents is 1. The van der Waals surface area contributed by atoms with E-state index in [4.69, 9.17) is 0 Å². The van der Waals surface area contributed by atoms with Gasteiger partial charge in [0, 0.05) is 29.5 Å². The van der Waals surface area contributed by atoms with Gasteiger partial charge in [0.1, 0.15) is 5.75 Å². The van der Waals surface area contributed by atoms with Crippen molar-refractivity contribution in [3.63, 3.8) is 0 Å². The highest BCUT2D eigenvalue weighted by atomic mass is 32.1. The number of fused-ring (bicyclic) bond motifs is 1. The quantitative estimate of drug-likeness (QED) is 0.563. The topological polar surface area (TPSA) is 73.0 Å². The van der Waals surface area contributed by atoms with Crippen LogP contribution in [0.25, 0.3) is 10.9 Å². The molecule has 5 nitrogen and oxygen atoms in total. The first-order valence-corrected chi connectivity index (χ1v) is 8.24. The number of benzene rings is 1. The van der Waals surface area contributed by atoms with Crippen molar-refractivity contribution in [3.05, 3.63) is 41.0 Å². The van der Waals surface area contributed by atoms with Gasteiger partial charge in [-0.1, -0.05) is 6.92 Å². The summed E-state index contributed by atoms with van der Waals surface area (Å²) in [6.45, 7) is 2.98. The Morgan fingerprint density at radius 1 is 1.41 bits per heavy atom. The molecule has 0 saturated carbocycles. The van der Waals surface area contributed by atoms with Gasteiger partial charge in [-0.15, -0.1) is 11.3 Å². The normalized spacial score (nSPS) is 12.6. The van der Waals surface area contributed by atoms with Crippen LogP contribution >= 0.6 is 11.3 Å². The second-order valence-corrected chi connectivity index (χ2v) is 6.04. The van der Waals surface area contributed by atoms with E-state index in [1.807, 2.05) is 25.4 Å². The van der Waals surface area contributed by atoms with Crippen molar-refractivity contribution in [2.75, 3.05) is 18.9 Å². The summed E-state index contributed by atoms with van der Waals surface area (Å²) in [5.41, 5.74) is 3.26. The molecule has 1 atom stereocenters. The van der Waals surface area contributed by atoms with Gasteiger partial charge in [0.2, 0.25) is 0 Å². The van der Waals surface area contributed by atoms with Gasteiger partial charge in [0.05, 0.1) is 11.7 Å². The van der Waals surface area contributed by atoms with Gasteiger partial charge in [-0.3, -0.25) is 0 Å². The summed E-state index contributed by atoms with van der Waals surface area (Å²) >= 11 is 1.61. The molecular weight excluding hydrogens is 296 g/mol. The Kier molecular flexibility index (Phi) is 4.31. The van der Waals surface area contributed by atoms with Crippen molar-refractivity contribution in [1.82, 2.24) is 15.3 Å². The Bertz CT molecular complexity index is 764. The molecule has 0 unspecified atom stereocenters. The minimum absolute atomic E-state index is 0.157. The van der Waals surface area contributed by atoms with Crippen molar-refractivity contribution in [2.24, 2.45) is 0 Å². The Hall–Kier alpha value is -2.05. The van der Waals surface area contributed by atoms with Gasteiger partial charge in [0.25, 0.3) is 0 Å². The first-order chi connectivity index (χ1) is 10.7. The number of aromatic hydroxyl groups is 1. The first kappa shape index (κ1) is 14.9. The number of anilines is 1. The minimum Gasteiger partial charge on any atom is -0.508 e. The van der Waals surface area contributed by atoms with E-state index in [1.165, 1.54) is 5.56 Å². The molecule has 0 aliphatic rings. The van der Waals surface area contributed by atoms with Gasteiger partial charge >= 0.3 is 0 Å². The van der Waals surface area contributed by atoms with E-state index in [0.29, 0.717) is 5.75 Å². The third kappa shape index (κ3) is 2.93. The second kappa shape index (κ2) is 6.37. The lowest BCUT2D eigenvalue weighted by Crippen LogP contribution is -2.23. The summed E-state index contributed by atoms with van der Waals surface area (Å²) in [5, 5.41) is 20.4. The smallest absolute Gasteiger partial charge is 0.182 e. The van der Waals surface area contributed by atoms with Gasteiger partial charge in [-0.2, -0.15) is 0 Å². The lowest BCUT2D eigenvalue weighted by Gasteiger charge is -2.15. The molecule has 22 heavy (non-hydrogen) atoms. The number of phenols is 1. The first-order valence-electron chi connectivity index (χ1n) is 7.36. The average Bonchev–Trinajstić information content (AvgIpc) is 3.14. The summed E-state index contributed by atoms with van der Waals surface area (Å²) in [7, 11) is 1.88. The summed E-state index contributed by atoms with van der Waals surface area (Å²) in [6.07, 6.45) is 2.84. The van der Waals surface area contributed by atoms with Crippen LogP contribution in [0.3, 0.4) is 0 Å². The molecule has 0 bridgehead atoms. The van der Waals surface area contributed by atoms with E-state index in [1.54, 1.807) is 17.4 Å². The molecule has 0 fully saturated rings. The van der Waals surface area contributed by atoms with Crippen LogP contribution in [0.1, 0.15) is 24.2 Å². The fourth-order valence-corrected chi connectivity index (χ4v) is 3.37. The number of nitrogens with one attached hydrogen (secondary N) is 3. The summed E-state index contributed by atoms with van der Waals surface area (Å²) in [6, 6.07) is 5.57. The number of aromatic amines is 1. The lowest BCUT2D eigenvalue weighted by molar-refractivity contribution is 0.476. The third-order valence-electron chi connectivity index (χ3n) is 3.72. The van der Waals surface area contributed by atoms with Crippen LogP contribution in [-0.2, 0) is 6.42 Å². The number of hydrogen-bond acceptors (Lipinski definition) is 5. The number of aromatic nitrogens is 2. The molecule has 4 N–H and O–H groups in total. The zero-order chi connectivity index (χ0) is 15.5. The molecular formula is C16H20N4OS. The van der Waals surface area contributed by atoms with E-state index >= 15 is 0 Å². The van der Waals surface area contributed by atoms with Crippen molar-refractivity contribution in [2.45, 2.75) is 19.4 Å². The summed E-state index contributed by atoms with van der Waals surface area (Å²) in [5.74, 6) is 0.291. The van der Waals surface area contributed by atoms with Crippen LogP contribution in [0, 0.1) is 0 Å². The Balaban J connectivity index is 1.90. The zero-order valence-electron chi connectivity index (χ0n) is 12.7. The highest BCUT2D eigenvalue weighted by Crippen LogP contribution is 2.28. The van der Waals surface area contributed by atoms with E-state index in [2.05, 4.69) is 32.9 Å². The largest absolute Gasteiger partial charge is 0.508 e. The number of hydrogen-bond donors (Lipinski definition) is 4. The van der Waals surface area contributed by atoms with Gasteiger partial charge in [-0.05, 0) is 36.7 Å². The molecule has 1 aromatic carbocycles. The monoisotopic (exact) mass is 316 g/mol. The Morgan fingerprint density at radius 2 is 2.27 bits per heavy atom. The molecule has 6 heteroatoms.